The topological polar surface area (TPSA) is 34.4 Å². The Labute approximate surface area is 171 Å². The summed E-state index contributed by atoms with van der Waals surface area (Å²) in [5.74, 6) is 0.660. The fraction of sp³-hybridized carbons (Fsp3) is 0. The molecule has 0 spiro atoms. The molecule has 0 unspecified atom stereocenters. The van der Waals surface area contributed by atoms with E-state index in [9.17, 15) is 5.02 Å². The molecule has 6 aromatic rings. The van der Waals surface area contributed by atoms with Gasteiger partial charge in [0, 0.05) is 42.7 Å². The van der Waals surface area contributed by atoms with Gasteiger partial charge in [-0.3, -0.25) is 0 Å². The van der Waals surface area contributed by atoms with Gasteiger partial charge in [-0.25, -0.2) is 0 Å². The fourth-order valence-electron chi connectivity index (χ4n) is 4.28. The van der Waals surface area contributed by atoms with Crippen LogP contribution in [0.3, 0.4) is 0 Å². The van der Waals surface area contributed by atoms with E-state index in [1.54, 1.807) is 0 Å². The standard InChI is InChI=1S/C24H16BNO2S/c27-25-28-16-10-11-19-21(14-16)26(15-6-2-1-3-7-15)20-13-12-18-17-8-4-5-9-22(17)29-24(18)23(19)20/h1-14,25,27H. The molecule has 0 aliphatic rings. The second kappa shape index (κ2) is 6.37. The molecule has 0 fully saturated rings. The van der Waals surface area contributed by atoms with Crippen molar-refractivity contribution in [1.29, 1.82) is 0 Å². The van der Waals surface area contributed by atoms with Gasteiger partial charge in [0.15, 0.2) is 0 Å². The molecule has 6 rings (SSSR count). The zero-order chi connectivity index (χ0) is 19.4. The molecule has 2 aromatic heterocycles. The number of aromatic nitrogens is 1. The number of para-hydroxylation sites is 1. The summed E-state index contributed by atoms with van der Waals surface area (Å²) < 4.78 is 10.3. The van der Waals surface area contributed by atoms with Gasteiger partial charge in [0.2, 0.25) is 0 Å². The zero-order valence-electron chi connectivity index (χ0n) is 15.5. The summed E-state index contributed by atoms with van der Waals surface area (Å²) in [4.78, 5) is 0. The van der Waals surface area contributed by atoms with Crippen molar-refractivity contribution >= 4 is 61.0 Å². The Bertz CT molecular complexity index is 1520. The van der Waals surface area contributed by atoms with Crippen LogP contribution in [0.15, 0.2) is 84.9 Å². The predicted octanol–water partition coefficient (Wildman–Crippen LogP) is 5.79. The van der Waals surface area contributed by atoms with Crippen molar-refractivity contribution in [3.05, 3.63) is 84.9 Å². The molecule has 0 amide bonds. The van der Waals surface area contributed by atoms with Crippen LogP contribution < -0.4 is 4.65 Å². The van der Waals surface area contributed by atoms with Gasteiger partial charge in [-0.1, -0.05) is 42.5 Å². The Morgan fingerprint density at radius 1 is 0.759 bits per heavy atom. The van der Waals surface area contributed by atoms with Crippen LogP contribution in [-0.4, -0.2) is 17.3 Å². The van der Waals surface area contributed by atoms with Crippen LogP contribution in [0.1, 0.15) is 0 Å². The third-order valence-electron chi connectivity index (χ3n) is 5.49. The van der Waals surface area contributed by atoms with E-state index in [2.05, 4.69) is 71.3 Å². The molecule has 0 saturated carbocycles. The van der Waals surface area contributed by atoms with Crippen LogP contribution in [0.4, 0.5) is 0 Å². The zero-order valence-corrected chi connectivity index (χ0v) is 16.3. The van der Waals surface area contributed by atoms with Crippen LogP contribution >= 0.6 is 11.3 Å². The first-order valence-electron chi connectivity index (χ1n) is 9.52. The Morgan fingerprint density at radius 2 is 1.55 bits per heavy atom. The highest BCUT2D eigenvalue weighted by Gasteiger charge is 2.17. The number of fused-ring (bicyclic) bond motifs is 7. The Hall–Kier alpha value is -3.28. The SMILES string of the molecule is OBOc1ccc2c3c4sc5ccccc5c4ccc3n(-c3ccccc3)c2c1. The van der Waals surface area contributed by atoms with E-state index in [1.165, 1.54) is 36.5 Å². The van der Waals surface area contributed by atoms with Crippen molar-refractivity contribution in [2.75, 3.05) is 0 Å². The van der Waals surface area contributed by atoms with Crippen LogP contribution in [-0.2, 0) is 0 Å². The lowest BCUT2D eigenvalue weighted by atomic mass is 10.1. The monoisotopic (exact) mass is 393 g/mol. The van der Waals surface area contributed by atoms with Crippen LogP contribution in [0.2, 0.25) is 0 Å². The highest BCUT2D eigenvalue weighted by Crippen LogP contribution is 2.43. The number of hydrogen-bond donors (Lipinski definition) is 1. The van der Waals surface area contributed by atoms with Crippen molar-refractivity contribution in [3.8, 4) is 11.4 Å². The van der Waals surface area contributed by atoms with E-state index in [0.717, 1.165) is 11.2 Å². The van der Waals surface area contributed by atoms with Crippen molar-refractivity contribution in [3.63, 3.8) is 0 Å². The van der Waals surface area contributed by atoms with Crippen LogP contribution in [0.5, 0.6) is 5.75 Å². The summed E-state index contributed by atoms with van der Waals surface area (Å²) in [6.45, 7) is 0. The van der Waals surface area contributed by atoms with E-state index in [1.807, 2.05) is 29.5 Å². The second-order valence-electron chi connectivity index (χ2n) is 7.06. The smallest absolute Gasteiger partial charge is 0.504 e. The van der Waals surface area contributed by atoms with Gasteiger partial charge in [0.1, 0.15) is 5.75 Å². The maximum atomic E-state index is 9.21. The maximum absolute atomic E-state index is 9.21. The van der Waals surface area contributed by atoms with E-state index in [4.69, 9.17) is 4.65 Å². The number of thiophene rings is 1. The molecule has 0 aliphatic carbocycles. The Balaban J connectivity index is 1.82. The first-order valence-corrected chi connectivity index (χ1v) is 10.3. The first kappa shape index (κ1) is 16.7. The van der Waals surface area contributed by atoms with Gasteiger partial charge in [0.25, 0.3) is 0 Å². The van der Waals surface area contributed by atoms with E-state index < -0.39 is 0 Å². The van der Waals surface area contributed by atoms with Gasteiger partial charge >= 0.3 is 7.69 Å². The Morgan fingerprint density at radius 3 is 2.41 bits per heavy atom. The summed E-state index contributed by atoms with van der Waals surface area (Å²) in [6.07, 6.45) is 0. The molecule has 138 valence electrons. The van der Waals surface area contributed by atoms with Gasteiger partial charge in [-0.15, -0.1) is 11.3 Å². The number of nitrogens with zero attached hydrogens (tertiary/aromatic N) is 1. The van der Waals surface area contributed by atoms with Crippen molar-refractivity contribution in [2.45, 2.75) is 0 Å². The summed E-state index contributed by atoms with van der Waals surface area (Å²) in [5, 5.41) is 14.3. The molecule has 0 atom stereocenters. The number of hydrogen-bond acceptors (Lipinski definition) is 3. The van der Waals surface area contributed by atoms with Crippen molar-refractivity contribution < 1.29 is 9.68 Å². The molecule has 0 saturated heterocycles. The summed E-state index contributed by atoms with van der Waals surface area (Å²) in [6, 6.07) is 29.5. The van der Waals surface area contributed by atoms with Crippen LogP contribution in [0.25, 0.3) is 47.7 Å². The molecule has 1 N–H and O–H groups in total. The average molecular weight is 393 g/mol. The third-order valence-corrected chi connectivity index (χ3v) is 6.69. The molecular formula is C24H16BNO2S. The van der Waals surface area contributed by atoms with Gasteiger partial charge < -0.3 is 14.2 Å². The summed E-state index contributed by atoms with van der Waals surface area (Å²) >= 11 is 1.84. The van der Waals surface area contributed by atoms with E-state index >= 15 is 0 Å². The molecule has 0 bridgehead atoms. The summed E-state index contributed by atoms with van der Waals surface area (Å²) in [7, 11) is -0.336. The molecule has 0 aliphatic heterocycles. The number of benzene rings is 4. The van der Waals surface area contributed by atoms with Crippen LogP contribution in [0, 0.1) is 0 Å². The van der Waals surface area contributed by atoms with Gasteiger partial charge in [-0.05, 0) is 36.4 Å². The van der Waals surface area contributed by atoms with Crippen molar-refractivity contribution in [1.82, 2.24) is 4.57 Å². The van der Waals surface area contributed by atoms with Gasteiger partial charge in [-0.2, -0.15) is 0 Å². The highest BCUT2D eigenvalue weighted by atomic mass is 32.1. The van der Waals surface area contributed by atoms with E-state index in [-0.39, 0.29) is 7.69 Å². The highest BCUT2D eigenvalue weighted by molar-refractivity contribution is 7.26. The van der Waals surface area contributed by atoms with Crippen molar-refractivity contribution in [2.24, 2.45) is 0 Å². The average Bonchev–Trinajstić information content (AvgIpc) is 3.29. The Kier molecular flexibility index (Phi) is 3.66. The molecule has 2 heterocycles. The maximum Gasteiger partial charge on any atom is 0.504 e. The quantitative estimate of drug-likeness (QED) is 0.386. The second-order valence-corrected chi connectivity index (χ2v) is 8.11. The lowest BCUT2D eigenvalue weighted by Gasteiger charge is -2.08. The largest absolute Gasteiger partial charge is 0.539 e. The third kappa shape index (κ3) is 2.41. The van der Waals surface area contributed by atoms with Gasteiger partial charge in [0.05, 0.1) is 11.0 Å². The minimum atomic E-state index is -0.336. The van der Waals surface area contributed by atoms with E-state index in [0.29, 0.717) is 5.75 Å². The molecule has 29 heavy (non-hydrogen) atoms. The molecule has 0 radical (unpaired) electrons. The minimum Gasteiger partial charge on any atom is -0.539 e. The molecular weight excluding hydrogens is 377 g/mol. The lowest BCUT2D eigenvalue weighted by Crippen LogP contribution is -2.00. The normalized spacial score (nSPS) is 11.6. The first-order chi connectivity index (χ1) is 14.3. The number of rotatable bonds is 3. The molecule has 4 aromatic carbocycles. The summed E-state index contributed by atoms with van der Waals surface area (Å²) in [5.41, 5.74) is 3.35. The fourth-order valence-corrected chi connectivity index (χ4v) is 5.54. The lowest BCUT2D eigenvalue weighted by molar-refractivity contribution is 0.454. The predicted molar refractivity (Wildman–Crippen MR) is 124 cm³/mol. The molecule has 5 heteroatoms. The molecule has 3 nitrogen and oxygen atoms in total. The minimum absolute atomic E-state index is 0.336.